The first-order valence-electron chi connectivity index (χ1n) is 5.58. The van der Waals surface area contributed by atoms with Gasteiger partial charge in [0.2, 0.25) is 0 Å². The molecule has 0 saturated carbocycles. The van der Waals surface area contributed by atoms with Crippen molar-refractivity contribution in [1.29, 1.82) is 0 Å². The lowest BCUT2D eigenvalue weighted by Crippen LogP contribution is -2.09. The molecule has 1 heterocycles. The van der Waals surface area contributed by atoms with E-state index in [-0.39, 0.29) is 0 Å². The first kappa shape index (κ1) is 11.9. The molecule has 1 aromatic carbocycles. The van der Waals surface area contributed by atoms with Crippen molar-refractivity contribution in [3.8, 4) is 0 Å². The van der Waals surface area contributed by atoms with Crippen LogP contribution in [0.3, 0.4) is 0 Å². The Morgan fingerprint density at radius 3 is 3.00 bits per heavy atom. The third-order valence-electron chi connectivity index (χ3n) is 2.47. The highest BCUT2D eigenvalue weighted by Gasteiger charge is 2.05. The van der Waals surface area contributed by atoms with Gasteiger partial charge in [0.15, 0.2) is 0 Å². The fourth-order valence-corrected chi connectivity index (χ4v) is 1.90. The van der Waals surface area contributed by atoms with Crippen LogP contribution in [0.1, 0.15) is 19.8 Å². The minimum atomic E-state index is 0.627. The summed E-state index contributed by atoms with van der Waals surface area (Å²) in [5, 5.41) is 1.58. The fourth-order valence-electron chi connectivity index (χ4n) is 1.68. The summed E-state index contributed by atoms with van der Waals surface area (Å²) < 4.78 is 0. The fraction of sp³-hybridized carbons (Fsp3) is 0.231. The van der Waals surface area contributed by atoms with Crippen molar-refractivity contribution >= 4 is 34.0 Å². The number of pyridine rings is 1. The van der Waals surface area contributed by atoms with Gasteiger partial charge in [0, 0.05) is 18.0 Å². The molecule has 17 heavy (non-hydrogen) atoms. The zero-order valence-corrected chi connectivity index (χ0v) is 10.4. The van der Waals surface area contributed by atoms with E-state index >= 15 is 0 Å². The molecule has 0 aliphatic heterocycles. The molecule has 0 aliphatic rings. The van der Waals surface area contributed by atoms with Gasteiger partial charge in [0.1, 0.15) is 0 Å². The van der Waals surface area contributed by atoms with Crippen molar-refractivity contribution in [2.45, 2.75) is 19.8 Å². The smallest absolute Gasteiger partial charge is 0.0997 e. The molecule has 0 saturated heterocycles. The van der Waals surface area contributed by atoms with Crippen LogP contribution in [0.4, 0.5) is 5.69 Å². The van der Waals surface area contributed by atoms with Crippen LogP contribution in [-0.2, 0) is 0 Å². The standard InChI is InChI=1S/C13H14ClN3/c1-2-4-12(15)17-11-7-6-10(14)9-5-3-8-16-13(9)11/h3,5-8H,2,4H2,1H3,(H2,15,17). The van der Waals surface area contributed by atoms with Gasteiger partial charge in [0.25, 0.3) is 0 Å². The van der Waals surface area contributed by atoms with Crippen LogP contribution >= 0.6 is 11.6 Å². The van der Waals surface area contributed by atoms with Crippen LogP contribution in [0, 0.1) is 0 Å². The number of benzene rings is 1. The molecule has 0 radical (unpaired) electrons. The number of hydrogen-bond acceptors (Lipinski definition) is 2. The van der Waals surface area contributed by atoms with Crippen molar-refractivity contribution in [3.63, 3.8) is 0 Å². The summed E-state index contributed by atoms with van der Waals surface area (Å²) in [5.74, 6) is 0.627. The van der Waals surface area contributed by atoms with E-state index < -0.39 is 0 Å². The van der Waals surface area contributed by atoms with Crippen molar-refractivity contribution in [3.05, 3.63) is 35.5 Å². The highest BCUT2D eigenvalue weighted by atomic mass is 35.5. The topological polar surface area (TPSA) is 51.3 Å². The van der Waals surface area contributed by atoms with E-state index in [1.807, 2.05) is 24.3 Å². The van der Waals surface area contributed by atoms with E-state index in [2.05, 4.69) is 16.9 Å². The predicted molar refractivity (Wildman–Crippen MR) is 72.9 cm³/mol. The van der Waals surface area contributed by atoms with E-state index in [0.29, 0.717) is 10.9 Å². The number of halogens is 1. The van der Waals surface area contributed by atoms with Gasteiger partial charge in [-0.2, -0.15) is 0 Å². The summed E-state index contributed by atoms with van der Waals surface area (Å²) in [7, 11) is 0. The molecular weight excluding hydrogens is 234 g/mol. The van der Waals surface area contributed by atoms with Gasteiger partial charge in [0.05, 0.1) is 22.1 Å². The van der Waals surface area contributed by atoms with Gasteiger partial charge in [-0.3, -0.25) is 4.98 Å². The van der Waals surface area contributed by atoms with Crippen LogP contribution in [0.25, 0.3) is 10.9 Å². The molecule has 0 unspecified atom stereocenters. The number of hydrogen-bond donors (Lipinski definition) is 1. The third kappa shape index (κ3) is 2.56. The molecule has 2 aromatic rings. The SMILES string of the molecule is CCCC(N)=Nc1ccc(Cl)c2cccnc12. The van der Waals surface area contributed by atoms with E-state index in [1.54, 1.807) is 6.20 Å². The Morgan fingerprint density at radius 2 is 2.24 bits per heavy atom. The van der Waals surface area contributed by atoms with Gasteiger partial charge in [-0.15, -0.1) is 0 Å². The minimum Gasteiger partial charge on any atom is -0.387 e. The Hall–Kier alpha value is -1.61. The summed E-state index contributed by atoms with van der Waals surface area (Å²) in [6.07, 6.45) is 3.50. The van der Waals surface area contributed by atoms with Crippen LogP contribution in [-0.4, -0.2) is 10.8 Å². The molecule has 2 rings (SSSR count). The van der Waals surface area contributed by atoms with E-state index in [4.69, 9.17) is 17.3 Å². The summed E-state index contributed by atoms with van der Waals surface area (Å²) in [6.45, 7) is 2.07. The first-order chi connectivity index (χ1) is 8.22. The van der Waals surface area contributed by atoms with Gasteiger partial charge >= 0.3 is 0 Å². The molecule has 0 spiro atoms. The molecule has 0 atom stereocenters. The quantitative estimate of drug-likeness (QED) is 0.665. The van der Waals surface area contributed by atoms with Crippen LogP contribution in [0.5, 0.6) is 0 Å². The molecular formula is C13H14ClN3. The summed E-state index contributed by atoms with van der Waals surface area (Å²) in [6, 6.07) is 7.46. The Balaban J connectivity index is 2.55. The second-order valence-corrected chi connectivity index (χ2v) is 4.23. The molecule has 3 nitrogen and oxygen atoms in total. The summed E-state index contributed by atoms with van der Waals surface area (Å²) in [5.41, 5.74) is 7.40. The largest absolute Gasteiger partial charge is 0.387 e. The minimum absolute atomic E-state index is 0.627. The number of amidine groups is 1. The molecule has 0 aliphatic carbocycles. The number of aliphatic imine (C=N–C) groups is 1. The highest BCUT2D eigenvalue weighted by molar-refractivity contribution is 6.35. The first-order valence-corrected chi connectivity index (χ1v) is 5.96. The Bertz CT molecular complexity index is 564. The lowest BCUT2D eigenvalue weighted by molar-refractivity contribution is 0.983. The number of nitrogens with two attached hydrogens (primary N) is 1. The van der Waals surface area contributed by atoms with Gasteiger partial charge in [-0.05, 0) is 30.7 Å². The maximum absolute atomic E-state index is 6.11. The zero-order valence-electron chi connectivity index (χ0n) is 9.65. The van der Waals surface area contributed by atoms with Crippen LogP contribution < -0.4 is 5.73 Å². The Morgan fingerprint density at radius 1 is 1.41 bits per heavy atom. The van der Waals surface area contributed by atoms with Crippen molar-refractivity contribution in [2.75, 3.05) is 0 Å². The van der Waals surface area contributed by atoms with Crippen LogP contribution in [0.15, 0.2) is 35.5 Å². The van der Waals surface area contributed by atoms with Crippen LogP contribution in [0.2, 0.25) is 5.02 Å². The highest BCUT2D eigenvalue weighted by Crippen LogP contribution is 2.29. The molecule has 2 N–H and O–H groups in total. The normalized spacial score (nSPS) is 12.0. The molecule has 4 heteroatoms. The number of fused-ring (bicyclic) bond motifs is 1. The maximum Gasteiger partial charge on any atom is 0.0997 e. The van der Waals surface area contributed by atoms with E-state index in [0.717, 1.165) is 29.4 Å². The average Bonchev–Trinajstić information content (AvgIpc) is 2.34. The van der Waals surface area contributed by atoms with Gasteiger partial charge < -0.3 is 5.73 Å². The number of aromatic nitrogens is 1. The molecule has 0 fully saturated rings. The number of nitrogens with zero attached hydrogens (tertiary/aromatic N) is 2. The molecule has 1 aromatic heterocycles. The van der Waals surface area contributed by atoms with Crippen molar-refractivity contribution in [1.82, 2.24) is 4.98 Å². The second-order valence-electron chi connectivity index (χ2n) is 3.82. The van der Waals surface area contributed by atoms with Gasteiger partial charge in [-0.1, -0.05) is 18.5 Å². The maximum atomic E-state index is 6.11. The average molecular weight is 248 g/mol. The van der Waals surface area contributed by atoms with Gasteiger partial charge in [-0.25, -0.2) is 4.99 Å². The van der Waals surface area contributed by atoms with Crippen molar-refractivity contribution < 1.29 is 0 Å². The Kier molecular flexibility index (Phi) is 3.59. The second kappa shape index (κ2) is 5.15. The summed E-state index contributed by atoms with van der Waals surface area (Å²) in [4.78, 5) is 8.70. The zero-order chi connectivity index (χ0) is 12.3. The lowest BCUT2D eigenvalue weighted by Gasteiger charge is -2.04. The summed E-state index contributed by atoms with van der Waals surface area (Å²) >= 11 is 6.11. The molecule has 88 valence electrons. The number of rotatable bonds is 3. The Labute approximate surface area is 105 Å². The third-order valence-corrected chi connectivity index (χ3v) is 2.79. The van der Waals surface area contributed by atoms with E-state index in [1.165, 1.54) is 0 Å². The monoisotopic (exact) mass is 247 g/mol. The molecule has 0 bridgehead atoms. The molecule has 0 amide bonds. The van der Waals surface area contributed by atoms with Crippen molar-refractivity contribution in [2.24, 2.45) is 10.7 Å². The predicted octanol–water partition coefficient (Wildman–Crippen LogP) is 3.68. The van der Waals surface area contributed by atoms with E-state index in [9.17, 15) is 0 Å². The lowest BCUT2D eigenvalue weighted by atomic mass is 10.2.